The minimum absolute atomic E-state index is 0.0551. The molecule has 144 valence electrons. The summed E-state index contributed by atoms with van der Waals surface area (Å²) < 4.78 is 27.3. The first-order valence-corrected chi connectivity index (χ1v) is 9.26. The van der Waals surface area contributed by atoms with Crippen molar-refractivity contribution in [3.63, 3.8) is 0 Å². The monoisotopic (exact) mass is 373 g/mol. The Hall–Kier alpha value is -2.31. The van der Waals surface area contributed by atoms with Gasteiger partial charge in [-0.15, -0.1) is 0 Å². The lowest BCUT2D eigenvalue weighted by Crippen LogP contribution is -2.40. The van der Waals surface area contributed by atoms with Gasteiger partial charge in [-0.05, 0) is 42.6 Å². The summed E-state index contributed by atoms with van der Waals surface area (Å²) >= 11 is 0. The number of carbonyl (C=O) groups excluding carboxylic acids is 1. The molecule has 1 aliphatic heterocycles. The lowest BCUT2D eigenvalue weighted by atomic mass is 9.97. The first-order chi connectivity index (χ1) is 13.0. The number of nitrogens with one attached hydrogen (secondary N) is 1. The second-order valence-corrected chi connectivity index (χ2v) is 7.10. The molecule has 0 saturated carbocycles. The van der Waals surface area contributed by atoms with Gasteiger partial charge in [0.15, 0.2) is 0 Å². The zero-order valence-corrected chi connectivity index (χ0v) is 15.3. The van der Waals surface area contributed by atoms with Gasteiger partial charge in [-0.25, -0.2) is 8.78 Å². The first-order valence-electron chi connectivity index (χ1n) is 9.26. The zero-order chi connectivity index (χ0) is 19.2. The van der Waals surface area contributed by atoms with Gasteiger partial charge in [-0.3, -0.25) is 9.69 Å². The number of rotatable bonds is 7. The maximum atomic E-state index is 13.7. The second kappa shape index (κ2) is 9.06. The molecule has 3 rings (SSSR count). The SMILES string of the molecule is NC(=O)[C@@H]1CCCN(Cc2cccc(CNCc3c(F)cccc3F)c2)C1. The Morgan fingerprint density at radius 2 is 1.81 bits per heavy atom. The molecule has 3 N–H and O–H groups in total. The van der Waals surface area contributed by atoms with Gasteiger partial charge < -0.3 is 11.1 Å². The molecule has 0 spiro atoms. The van der Waals surface area contributed by atoms with Gasteiger partial charge in [0, 0.05) is 31.7 Å². The minimum Gasteiger partial charge on any atom is -0.369 e. The summed E-state index contributed by atoms with van der Waals surface area (Å²) in [5.74, 6) is -1.37. The average molecular weight is 373 g/mol. The number of halogens is 2. The number of benzene rings is 2. The van der Waals surface area contributed by atoms with Crippen LogP contribution in [0.4, 0.5) is 8.78 Å². The largest absolute Gasteiger partial charge is 0.369 e. The third-order valence-electron chi connectivity index (χ3n) is 5.00. The summed E-state index contributed by atoms with van der Waals surface area (Å²) in [4.78, 5) is 13.7. The van der Waals surface area contributed by atoms with Gasteiger partial charge in [-0.2, -0.15) is 0 Å². The zero-order valence-electron chi connectivity index (χ0n) is 15.3. The Balaban J connectivity index is 1.55. The van der Waals surface area contributed by atoms with Gasteiger partial charge in [0.1, 0.15) is 11.6 Å². The van der Waals surface area contributed by atoms with Crippen LogP contribution in [-0.4, -0.2) is 23.9 Å². The quantitative estimate of drug-likeness (QED) is 0.785. The van der Waals surface area contributed by atoms with Crippen molar-refractivity contribution in [2.45, 2.75) is 32.5 Å². The Morgan fingerprint density at radius 1 is 1.11 bits per heavy atom. The standard InChI is InChI=1S/C21H25F2N3O/c22-19-7-2-8-20(23)18(19)12-25-11-15-4-1-5-16(10-15)13-26-9-3-6-17(14-26)21(24)27/h1-2,4-5,7-8,10,17,25H,3,6,9,11-14H2,(H2,24,27)/t17-/m1/s1. The molecular formula is C21H25F2N3O. The van der Waals surface area contributed by atoms with Gasteiger partial charge in [-0.1, -0.05) is 30.3 Å². The summed E-state index contributed by atoms with van der Waals surface area (Å²) in [7, 11) is 0. The Labute approximate surface area is 158 Å². The number of carbonyl (C=O) groups is 1. The van der Waals surface area contributed by atoms with E-state index in [0.717, 1.165) is 37.1 Å². The van der Waals surface area contributed by atoms with Crippen LogP contribution in [0.15, 0.2) is 42.5 Å². The van der Waals surface area contributed by atoms with E-state index in [4.69, 9.17) is 5.73 Å². The molecule has 1 atom stereocenters. The molecular weight excluding hydrogens is 348 g/mol. The smallest absolute Gasteiger partial charge is 0.221 e. The molecule has 0 aromatic heterocycles. The molecule has 2 aromatic rings. The number of piperidine rings is 1. The van der Waals surface area contributed by atoms with Crippen LogP contribution in [0.2, 0.25) is 0 Å². The highest BCUT2D eigenvalue weighted by atomic mass is 19.1. The van der Waals surface area contributed by atoms with E-state index in [1.807, 2.05) is 18.2 Å². The highest BCUT2D eigenvalue weighted by Crippen LogP contribution is 2.19. The van der Waals surface area contributed by atoms with E-state index in [1.165, 1.54) is 18.2 Å². The lowest BCUT2D eigenvalue weighted by molar-refractivity contribution is -0.123. The highest BCUT2D eigenvalue weighted by molar-refractivity contribution is 5.76. The molecule has 6 heteroatoms. The van der Waals surface area contributed by atoms with Gasteiger partial charge in [0.05, 0.1) is 5.92 Å². The van der Waals surface area contributed by atoms with Crippen LogP contribution in [0, 0.1) is 17.6 Å². The van der Waals surface area contributed by atoms with Crippen LogP contribution < -0.4 is 11.1 Å². The lowest BCUT2D eigenvalue weighted by Gasteiger charge is -2.31. The number of amides is 1. The van der Waals surface area contributed by atoms with E-state index >= 15 is 0 Å². The summed E-state index contributed by atoms with van der Waals surface area (Å²) in [6, 6.07) is 12.0. The molecule has 0 bridgehead atoms. The number of hydrogen-bond donors (Lipinski definition) is 2. The summed E-state index contributed by atoms with van der Waals surface area (Å²) in [6.45, 7) is 3.07. The van der Waals surface area contributed by atoms with Crippen molar-refractivity contribution in [2.75, 3.05) is 13.1 Å². The highest BCUT2D eigenvalue weighted by Gasteiger charge is 2.23. The fourth-order valence-corrected chi connectivity index (χ4v) is 3.56. The van der Waals surface area contributed by atoms with Crippen LogP contribution in [0.5, 0.6) is 0 Å². The van der Waals surface area contributed by atoms with E-state index < -0.39 is 11.6 Å². The average Bonchev–Trinajstić information content (AvgIpc) is 2.65. The Morgan fingerprint density at radius 3 is 2.56 bits per heavy atom. The number of primary amides is 1. The number of nitrogens with zero attached hydrogens (tertiary/aromatic N) is 1. The molecule has 1 amide bonds. The van der Waals surface area contributed by atoms with Crippen LogP contribution >= 0.6 is 0 Å². The van der Waals surface area contributed by atoms with E-state index in [1.54, 1.807) is 0 Å². The number of hydrogen-bond acceptors (Lipinski definition) is 3. The van der Waals surface area contributed by atoms with Crippen molar-refractivity contribution in [2.24, 2.45) is 11.7 Å². The van der Waals surface area contributed by atoms with Crippen LogP contribution in [0.3, 0.4) is 0 Å². The maximum Gasteiger partial charge on any atom is 0.221 e. The van der Waals surface area contributed by atoms with Crippen LogP contribution in [-0.2, 0) is 24.4 Å². The minimum atomic E-state index is -0.537. The van der Waals surface area contributed by atoms with Crippen LogP contribution in [0.1, 0.15) is 29.5 Å². The predicted molar refractivity (Wildman–Crippen MR) is 101 cm³/mol. The molecule has 1 fully saturated rings. The van der Waals surface area contributed by atoms with Gasteiger partial charge in [0.2, 0.25) is 5.91 Å². The van der Waals surface area contributed by atoms with Crippen molar-refractivity contribution >= 4 is 5.91 Å². The van der Waals surface area contributed by atoms with Gasteiger partial charge >= 0.3 is 0 Å². The first kappa shape index (κ1) is 19.5. The molecule has 2 aromatic carbocycles. The third kappa shape index (κ3) is 5.34. The molecule has 0 radical (unpaired) electrons. The Bertz CT molecular complexity index is 776. The summed E-state index contributed by atoms with van der Waals surface area (Å²) in [5.41, 5.74) is 7.70. The summed E-state index contributed by atoms with van der Waals surface area (Å²) in [6.07, 6.45) is 1.84. The fraction of sp³-hybridized carbons (Fsp3) is 0.381. The van der Waals surface area contributed by atoms with Crippen molar-refractivity contribution in [3.8, 4) is 0 Å². The molecule has 0 aliphatic carbocycles. The molecule has 1 saturated heterocycles. The Kier molecular flexibility index (Phi) is 6.53. The maximum absolute atomic E-state index is 13.7. The molecule has 1 aliphatic rings. The van der Waals surface area contributed by atoms with Gasteiger partial charge in [0.25, 0.3) is 0 Å². The molecule has 4 nitrogen and oxygen atoms in total. The normalized spacial score (nSPS) is 17.8. The predicted octanol–water partition coefficient (Wildman–Crippen LogP) is 2.95. The number of likely N-dealkylation sites (tertiary alicyclic amines) is 1. The van der Waals surface area contributed by atoms with E-state index in [2.05, 4.69) is 16.3 Å². The van der Waals surface area contributed by atoms with E-state index in [-0.39, 0.29) is 23.9 Å². The van der Waals surface area contributed by atoms with Crippen molar-refractivity contribution < 1.29 is 13.6 Å². The number of nitrogens with two attached hydrogens (primary N) is 1. The topological polar surface area (TPSA) is 58.4 Å². The molecule has 0 unspecified atom stereocenters. The van der Waals surface area contributed by atoms with E-state index in [9.17, 15) is 13.6 Å². The van der Waals surface area contributed by atoms with Crippen LogP contribution in [0.25, 0.3) is 0 Å². The summed E-state index contributed by atoms with van der Waals surface area (Å²) in [5, 5.41) is 3.10. The van der Waals surface area contributed by atoms with Crippen molar-refractivity contribution in [1.29, 1.82) is 0 Å². The third-order valence-corrected chi connectivity index (χ3v) is 5.00. The molecule has 27 heavy (non-hydrogen) atoms. The van der Waals surface area contributed by atoms with Crippen molar-refractivity contribution in [1.82, 2.24) is 10.2 Å². The second-order valence-electron chi connectivity index (χ2n) is 7.10. The fourth-order valence-electron chi connectivity index (χ4n) is 3.56. The van der Waals surface area contributed by atoms with E-state index in [0.29, 0.717) is 13.1 Å². The molecule has 1 heterocycles. The van der Waals surface area contributed by atoms with Crippen molar-refractivity contribution in [3.05, 3.63) is 70.8 Å².